The Morgan fingerprint density at radius 2 is 1.75 bits per heavy atom. The number of nitrogens with zero attached hydrogens (tertiary/aromatic N) is 3. The monoisotopic (exact) mass is 418 g/mol. The van der Waals surface area contributed by atoms with Crippen molar-refractivity contribution in [3.8, 4) is 11.4 Å². The maximum Gasteiger partial charge on any atom is 0.291 e. The summed E-state index contributed by atoms with van der Waals surface area (Å²) in [6, 6.07) is 11.1. The third-order valence-electron chi connectivity index (χ3n) is 4.23. The number of phenolic OH excluding ortho intramolecular Hbond substituents is 1. The molecule has 3 rings (SSSR count). The molecule has 0 spiro atoms. The molecular weight excluding hydrogens is 399 g/mol. The van der Waals surface area contributed by atoms with Crippen molar-refractivity contribution in [2.75, 3.05) is 0 Å². The molecule has 0 atom stereocenters. The van der Waals surface area contributed by atoms with Crippen LogP contribution in [-0.2, 0) is 12.0 Å². The van der Waals surface area contributed by atoms with Crippen molar-refractivity contribution in [1.82, 2.24) is 20.1 Å². The summed E-state index contributed by atoms with van der Waals surface area (Å²) >= 11 is 11.8. The summed E-state index contributed by atoms with van der Waals surface area (Å²) in [6.45, 7) is 6.83. The lowest BCUT2D eigenvalue weighted by Crippen LogP contribution is -2.24. The molecule has 0 aliphatic heterocycles. The van der Waals surface area contributed by atoms with Crippen LogP contribution >= 0.6 is 23.2 Å². The molecule has 0 fully saturated rings. The smallest absolute Gasteiger partial charge is 0.291 e. The van der Waals surface area contributed by atoms with Gasteiger partial charge in [-0.3, -0.25) is 4.79 Å². The molecule has 2 N–H and O–H groups in total. The van der Waals surface area contributed by atoms with Crippen LogP contribution in [0.4, 0.5) is 0 Å². The summed E-state index contributed by atoms with van der Waals surface area (Å²) < 4.78 is 1.37. The number of nitrogens with one attached hydrogen (secondary N) is 1. The van der Waals surface area contributed by atoms with E-state index in [4.69, 9.17) is 23.2 Å². The predicted octanol–water partition coefficient (Wildman–Crippen LogP) is 4.51. The molecule has 8 heteroatoms. The fourth-order valence-corrected chi connectivity index (χ4v) is 3.04. The second-order valence-corrected chi connectivity index (χ2v) is 8.21. The highest BCUT2D eigenvalue weighted by Crippen LogP contribution is 2.33. The first-order valence-corrected chi connectivity index (χ1v) is 9.38. The Labute approximate surface area is 173 Å². The number of hydrogen-bond acceptors (Lipinski definition) is 4. The van der Waals surface area contributed by atoms with E-state index < -0.39 is 5.91 Å². The highest BCUT2D eigenvalue weighted by molar-refractivity contribution is 6.37. The quantitative estimate of drug-likeness (QED) is 0.652. The molecule has 1 amide bonds. The van der Waals surface area contributed by atoms with Gasteiger partial charge in [0.1, 0.15) is 6.33 Å². The molecule has 0 bridgehead atoms. The van der Waals surface area contributed by atoms with Gasteiger partial charge >= 0.3 is 0 Å². The number of benzene rings is 2. The van der Waals surface area contributed by atoms with E-state index in [2.05, 4.69) is 48.3 Å². The van der Waals surface area contributed by atoms with Crippen LogP contribution in [0.25, 0.3) is 5.69 Å². The number of halogens is 2. The molecule has 0 radical (unpaired) electrons. The van der Waals surface area contributed by atoms with Crippen molar-refractivity contribution in [2.24, 2.45) is 0 Å². The zero-order valence-electron chi connectivity index (χ0n) is 15.7. The van der Waals surface area contributed by atoms with E-state index in [0.29, 0.717) is 12.2 Å². The number of rotatable bonds is 4. The maximum atomic E-state index is 12.3. The van der Waals surface area contributed by atoms with E-state index in [1.165, 1.54) is 28.7 Å². The van der Waals surface area contributed by atoms with Crippen LogP contribution in [0.5, 0.6) is 5.75 Å². The summed E-state index contributed by atoms with van der Waals surface area (Å²) in [7, 11) is 0. The van der Waals surface area contributed by atoms with Crippen LogP contribution in [0.3, 0.4) is 0 Å². The molecule has 2 aromatic carbocycles. The Balaban J connectivity index is 1.68. The Morgan fingerprint density at radius 1 is 1.14 bits per heavy atom. The third-order valence-corrected chi connectivity index (χ3v) is 4.81. The predicted molar refractivity (Wildman–Crippen MR) is 109 cm³/mol. The Bertz CT molecular complexity index is 985. The zero-order chi connectivity index (χ0) is 20.5. The van der Waals surface area contributed by atoms with Gasteiger partial charge in [-0.2, -0.15) is 0 Å². The molecule has 0 saturated heterocycles. The highest BCUT2D eigenvalue weighted by Gasteiger charge is 2.15. The van der Waals surface area contributed by atoms with Crippen LogP contribution < -0.4 is 5.32 Å². The molecule has 0 unspecified atom stereocenters. The zero-order valence-corrected chi connectivity index (χ0v) is 17.2. The van der Waals surface area contributed by atoms with E-state index >= 15 is 0 Å². The number of phenols is 1. The number of aromatic hydroxyl groups is 1. The van der Waals surface area contributed by atoms with E-state index in [-0.39, 0.29) is 27.0 Å². The van der Waals surface area contributed by atoms with Crippen LogP contribution in [-0.4, -0.2) is 25.8 Å². The topological polar surface area (TPSA) is 80.0 Å². The first-order valence-electron chi connectivity index (χ1n) is 8.63. The number of carbonyl (C=O) groups is 1. The molecule has 3 aromatic rings. The number of carbonyl (C=O) groups excluding carboxylic acids is 1. The van der Waals surface area contributed by atoms with Gasteiger partial charge in [0.15, 0.2) is 5.75 Å². The molecule has 0 aliphatic rings. The Kier molecular flexibility index (Phi) is 5.63. The van der Waals surface area contributed by atoms with Gasteiger partial charge in [0.05, 0.1) is 15.7 Å². The fraction of sp³-hybridized carbons (Fsp3) is 0.250. The lowest BCUT2D eigenvalue weighted by Gasteiger charge is -2.19. The average molecular weight is 419 g/mol. The number of amides is 1. The van der Waals surface area contributed by atoms with Crippen molar-refractivity contribution < 1.29 is 9.90 Å². The minimum atomic E-state index is -0.394. The largest absolute Gasteiger partial charge is 0.505 e. The molecular formula is C20H20Cl2N4O2. The standard InChI is InChI=1S/C20H20Cl2N4O2/c1-20(2,3)13-6-4-12(5-7-13)10-23-19(28)18-24-11-26(25-18)14-8-15(21)17(27)16(22)9-14/h4-9,11,27H,10H2,1-3H3,(H,23,28). The van der Waals surface area contributed by atoms with Gasteiger partial charge < -0.3 is 10.4 Å². The molecule has 1 heterocycles. The first kappa shape index (κ1) is 20.2. The van der Waals surface area contributed by atoms with Gasteiger partial charge in [0, 0.05) is 6.54 Å². The van der Waals surface area contributed by atoms with Gasteiger partial charge in [-0.15, -0.1) is 5.10 Å². The van der Waals surface area contributed by atoms with Crippen molar-refractivity contribution in [3.05, 3.63) is 69.7 Å². The third kappa shape index (κ3) is 4.46. The van der Waals surface area contributed by atoms with Gasteiger partial charge in [-0.1, -0.05) is 68.2 Å². The number of hydrogen-bond donors (Lipinski definition) is 2. The van der Waals surface area contributed by atoms with Crippen molar-refractivity contribution in [3.63, 3.8) is 0 Å². The minimum absolute atomic E-state index is 0.0200. The van der Waals surface area contributed by atoms with E-state index in [1.54, 1.807) is 0 Å². The molecule has 1 aromatic heterocycles. The van der Waals surface area contributed by atoms with Crippen LogP contribution in [0.2, 0.25) is 10.0 Å². The number of aromatic nitrogens is 3. The molecule has 146 valence electrons. The van der Waals surface area contributed by atoms with E-state index in [9.17, 15) is 9.90 Å². The maximum absolute atomic E-state index is 12.3. The highest BCUT2D eigenvalue weighted by atomic mass is 35.5. The van der Waals surface area contributed by atoms with E-state index in [0.717, 1.165) is 5.56 Å². The van der Waals surface area contributed by atoms with Crippen molar-refractivity contribution in [1.29, 1.82) is 0 Å². The van der Waals surface area contributed by atoms with Crippen LogP contribution in [0, 0.1) is 0 Å². The van der Waals surface area contributed by atoms with Crippen LogP contribution in [0.1, 0.15) is 42.5 Å². The van der Waals surface area contributed by atoms with Gasteiger partial charge in [-0.05, 0) is 28.7 Å². The second kappa shape index (κ2) is 7.81. The normalized spacial score (nSPS) is 11.5. The fourth-order valence-electron chi connectivity index (χ4n) is 2.56. The lowest BCUT2D eigenvalue weighted by atomic mass is 9.87. The Morgan fingerprint density at radius 3 is 2.32 bits per heavy atom. The SMILES string of the molecule is CC(C)(C)c1ccc(CNC(=O)c2ncn(-c3cc(Cl)c(O)c(Cl)c3)n2)cc1. The summed E-state index contributed by atoms with van der Waals surface area (Å²) in [4.78, 5) is 16.4. The summed E-state index contributed by atoms with van der Waals surface area (Å²) in [6.07, 6.45) is 1.38. The van der Waals surface area contributed by atoms with Crippen molar-refractivity contribution >= 4 is 29.1 Å². The summed E-state index contributed by atoms with van der Waals surface area (Å²) in [5.41, 5.74) is 2.78. The Hall–Kier alpha value is -2.57. The summed E-state index contributed by atoms with van der Waals surface area (Å²) in [5.74, 6) is -0.580. The lowest BCUT2D eigenvalue weighted by molar-refractivity contribution is 0.0940. The van der Waals surface area contributed by atoms with Crippen molar-refractivity contribution in [2.45, 2.75) is 32.7 Å². The second-order valence-electron chi connectivity index (χ2n) is 7.40. The minimum Gasteiger partial charge on any atom is -0.505 e. The van der Waals surface area contributed by atoms with Gasteiger partial charge in [-0.25, -0.2) is 9.67 Å². The molecule has 28 heavy (non-hydrogen) atoms. The van der Waals surface area contributed by atoms with Gasteiger partial charge in [0.25, 0.3) is 5.91 Å². The molecule has 6 nitrogen and oxygen atoms in total. The van der Waals surface area contributed by atoms with E-state index in [1.807, 2.05) is 12.1 Å². The van der Waals surface area contributed by atoms with Gasteiger partial charge in [0.2, 0.25) is 5.82 Å². The molecule has 0 aliphatic carbocycles. The first-order chi connectivity index (χ1) is 13.1. The van der Waals surface area contributed by atoms with Crippen LogP contribution in [0.15, 0.2) is 42.7 Å². The summed E-state index contributed by atoms with van der Waals surface area (Å²) in [5, 5.41) is 16.8. The average Bonchev–Trinajstić information content (AvgIpc) is 3.13. The molecule has 0 saturated carbocycles.